The van der Waals surface area contributed by atoms with Gasteiger partial charge in [0.15, 0.2) is 0 Å². The zero-order valence-electron chi connectivity index (χ0n) is 15.6. The van der Waals surface area contributed by atoms with Gasteiger partial charge in [-0.25, -0.2) is 9.48 Å². The maximum atomic E-state index is 13.0. The molecule has 7 nitrogen and oxygen atoms in total. The van der Waals surface area contributed by atoms with Gasteiger partial charge in [0.1, 0.15) is 18.1 Å². The van der Waals surface area contributed by atoms with Crippen LogP contribution in [-0.4, -0.2) is 34.5 Å². The molecule has 1 aliphatic rings. The van der Waals surface area contributed by atoms with Gasteiger partial charge >= 0.3 is 5.97 Å². The van der Waals surface area contributed by atoms with Crippen molar-refractivity contribution in [1.82, 2.24) is 14.8 Å². The first kappa shape index (κ1) is 17.8. The third kappa shape index (κ3) is 3.11. The Balaban J connectivity index is 1.96. The maximum absolute atomic E-state index is 13.0. The van der Waals surface area contributed by atoms with Gasteiger partial charge in [-0.2, -0.15) is 10.1 Å². The van der Waals surface area contributed by atoms with Crippen molar-refractivity contribution in [2.45, 2.75) is 13.0 Å². The number of hydrogen-bond donors (Lipinski definition) is 1. The maximum Gasteiger partial charge on any atom is 0.338 e. The van der Waals surface area contributed by atoms with Gasteiger partial charge in [0.2, 0.25) is 5.95 Å². The van der Waals surface area contributed by atoms with Crippen LogP contribution in [0.2, 0.25) is 0 Å². The van der Waals surface area contributed by atoms with E-state index in [9.17, 15) is 4.79 Å². The fourth-order valence-electron chi connectivity index (χ4n) is 3.34. The number of methoxy groups -OCH3 is 1. The first-order valence-electron chi connectivity index (χ1n) is 9.00. The van der Waals surface area contributed by atoms with Gasteiger partial charge in [0, 0.05) is 0 Å². The Bertz CT molecular complexity index is 1030. The summed E-state index contributed by atoms with van der Waals surface area (Å²) in [5, 5.41) is 7.60. The third-order valence-electron chi connectivity index (χ3n) is 4.56. The van der Waals surface area contributed by atoms with Gasteiger partial charge in [-0.1, -0.05) is 42.5 Å². The molecule has 3 aromatic rings. The zero-order valence-corrected chi connectivity index (χ0v) is 15.6. The summed E-state index contributed by atoms with van der Waals surface area (Å²) >= 11 is 0. The number of hydrogen-bond acceptors (Lipinski definition) is 6. The van der Waals surface area contributed by atoms with E-state index in [2.05, 4.69) is 15.4 Å². The number of nitrogens with one attached hydrogen (secondary N) is 1. The zero-order chi connectivity index (χ0) is 19.5. The van der Waals surface area contributed by atoms with Gasteiger partial charge in [0.05, 0.1) is 25.0 Å². The molecule has 0 spiro atoms. The van der Waals surface area contributed by atoms with E-state index in [0.717, 1.165) is 11.1 Å². The van der Waals surface area contributed by atoms with E-state index in [0.29, 0.717) is 23.0 Å². The van der Waals surface area contributed by atoms with Crippen molar-refractivity contribution in [3.8, 4) is 5.75 Å². The van der Waals surface area contributed by atoms with Gasteiger partial charge in [-0.05, 0) is 30.2 Å². The third-order valence-corrected chi connectivity index (χ3v) is 4.56. The number of ether oxygens (including phenoxy) is 2. The molecule has 0 aliphatic carbocycles. The van der Waals surface area contributed by atoms with Gasteiger partial charge in [-0.3, -0.25) is 0 Å². The lowest BCUT2D eigenvalue weighted by atomic mass is 9.93. The van der Waals surface area contributed by atoms with Crippen LogP contribution < -0.4 is 10.1 Å². The van der Waals surface area contributed by atoms with Crippen molar-refractivity contribution in [2.24, 2.45) is 0 Å². The van der Waals surface area contributed by atoms with E-state index in [4.69, 9.17) is 9.47 Å². The number of rotatable bonds is 5. The average molecular weight is 376 g/mol. The molecule has 2 aromatic carbocycles. The number of aromatic nitrogens is 3. The number of anilines is 1. The van der Waals surface area contributed by atoms with Crippen molar-refractivity contribution in [1.29, 1.82) is 0 Å². The standard InChI is InChI=1S/C21H20N4O3/c1-3-28-20(26)17-18(14-8-5-4-6-9-14)24-21-22-13-23-25(21)19(17)15-10-7-11-16(12-15)27-2/h4-13,19H,3H2,1-2H3,(H,22,23,24). The number of fused-ring (bicyclic) bond motifs is 1. The first-order valence-corrected chi connectivity index (χ1v) is 9.00. The molecule has 142 valence electrons. The van der Waals surface area contributed by atoms with Crippen molar-refractivity contribution in [3.63, 3.8) is 0 Å². The van der Waals surface area contributed by atoms with E-state index >= 15 is 0 Å². The summed E-state index contributed by atoms with van der Waals surface area (Å²) in [6, 6.07) is 16.7. The normalized spacial score (nSPS) is 15.6. The summed E-state index contributed by atoms with van der Waals surface area (Å²) in [5.74, 6) is 0.852. The molecule has 2 heterocycles. The molecular formula is C21H20N4O3. The molecule has 1 aromatic heterocycles. The van der Waals surface area contributed by atoms with E-state index in [1.807, 2.05) is 54.6 Å². The Labute approximate surface area is 162 Å². The fourth-order valence-corrected chi connectivity index (χ4v) is 3.34. The minimum absolute atomic E-state index is 0.277. The second-order valence-electron chi connectivity index (χ2n) is 6.21. The van der Waals surface area contributed by atoms with Crippen molar-refractivity contribution in [3.05, 3.63) is 77.6 Å². The highest BCUT2D eigenvalue weighted by Crippen LogP contribution is 2.39. The molecule has 1 aliphatic heterocycles. The fraction of sp³-hybridized carbons (Fsp3) is 0.190. The topological polar surface area (TPSA) is 78.3 Å². The molecule has 0 bridgehead atoms. The van der Waals surface area contributed by atoms with E-state index in [1.165, 1.54) is 6.33 Å². The molecule has 1 atom stereocenters. The molecule has 0 amide bonds. The summed E-state index contributed by atoms with van der Waals surface area (Å²) in [5.41, 5.74) is 2.85. The minimum atomic E-state index is -0.497. The van der Waals surface area contributed by atoms with Crippen LogP contribution in [0.25, 0.3) is 5.70 Å². The van der Waals surface area contributed by atoms with E-state index in [1.54, 1.807) is 18.7 Å². The summed E-state index contributed by atoms with van der Waals surface area (Å²) in [7, 11) is 1.61. The van der Waals surface area contributed by atoms with Crippen LogP contribution in [0.1, 0.15) is 24.1 Å². The highest BCUT2D eigenvalue weighted by molar-refractivity contribution is 6.02. The van der Waals surface area contributed by atoms with Crippen LogP contribution in [0.4, 0.5) is 5.95 Å². The molecule has 0 fully saturated rings. The lowest BCUT2D eigenvalue weighted by molar-refractivity contribution is -0.138. The molecule has 1 N–H and O–H groups in total. The predicted octanol–water partition coefficient (Wildman–Crippen LogP) is 3.28. The van der Waals surface area contributed by atoms with Crippen LogP contribution in [0.3, 0.4) is 0 Å². The van der Waals surface area contributed by atoms with E-state index in [-0.39, 0.29) is 6.61 Å². The molecule has 28 heavy (non-hydrogen) atoms. The second kappa shape index (κ2) is 7.56. The van der Waals surface area contributed by atoms with Crippen molar-refractivity contribution < 1.29 is 14.3 Å². The number of benzene rings is 2. The largest absolute Gasteiger partial charge is 0.497 e. The Morgan fingerprint density at radius 3 is 2.75 bits per heavy atom. The second-order valence-corrected chi connectivity index (χ2v) is 6.21. The number of carbonyl (C=O) groups excluding carboxylic acids is 1. The van der Waals surface area contributed by atoms with Crippen LogP contribution in [0, 0.1) is 0 Å². The predicted molar refractivity (Wildman–Crippen MR) is 105 cm³/mol. The highest BCUT2D eigenvalue weighted by Gasteiger charge is 2.36. The molecule has 0 radical (unpaired) electrons. The number of carbonyl (C=O) groups is 1. The van der Waals surface area contributed by atoms with Gasteiger partial charge < -0.3 is 14.8 Å². The number of nitrogens with zero attached hydrogens (tertiary/aromatic N) is 3. The Kier molecular flexibility index (Phi) is 4.80. The molecule has 1 unspecified atom stereocenters. The molecule has 4 rings (SSSR count). The summed E-state index contributed by atoms with van der Waals surface area (Å²) in [6.45, 7) is 2.07. The smallest absolute Gasteiger partial charge is 0.338 e. The molecule has 0 saturated carbocycles. The SMILES string of the molecule is CCOC(=O)C1=C(c2ccccc2)Nc2ncnn2C1c1cccc(OC)c1. The summed E-state index contributed by atoms with van der Waals surface area (Å²) in [4.78, 5) is 17.4. The Morgan fingerprint density at radius 1 is 1.18 bits per heavy atom. The molecule has 0 saturated heterocycles. The Hall–Kier alpha value is -3.61. The van der Waals surface area contributed by atoms with Crippen LogP contribution in [0.5, 0.6) is 5.75 Å². The highest BCUT2D eigenvalue weighted by atomic mass is 16.5. The average Bonchev–Trinajstić information content (AvgIpc) is 3.21. The van der Waals surface area contributed by atoms with Crippen LogP contribution in [0.15, 0.2) is 66.5 Å². The first-order chi connectivity index (χ1) is 13.7. The molecular weight excluding hydrogens is 356 g/mol. The quantitative estimate of drug-likeness (QED) is 0.689. The monoisotopic (exact) mass is 376 g/mol. The lowest BCUT2D eigenvalue weighted by Crippen LogP contribution is -2.30. The van der Waals surface area contributed by atoms with E-state index < -0.39 is 12.0 Å². The van der Waals surface area contributed by atoms with Crippen LogP contribution in [-0.2, 0) is 9.53 Å². The summed E-state index contributed by atoms with van der Waals surface area (Å²) in [6.07, 6.45) is 1.46. The van der Waals surface area contributed by atoms with Crippen LogP contribution >= 0.6 is 0 Å². The van der Waals surface area contributed by atoms with Crippen molar-refractivity contribution in [2.75, 3.05) is 19.0 Å². The minimum Gasteiger partial charge on any atom is -0.497 e. The van der Waals surface area contributed by atoms with Gasteiger partial charge in [0.25, 0.3) is 0 Å². The Morgan fingerprint density at radius 2 is 2.00 bits per heavy atom. The van der Waals surface area contributed by atoms with Gasteiger partial charge in [-0.15, -0.1) is 0 Å². The summed E-state index contributed by atoms with van der Waals surface area (Å²) < 4.78 is 12.5. The lowest BCUT2D eigenvalue weighted by Gasteiger charge is -2.29. The number of esters is 1. The van der Waals surface area contributed by atoms with Crippen molar-refractivity contribution >= 4 is 17.6 Å². The molecule has 7 heteroatoms.